The molecule has 2 aliphatic rings. The van der Waals surface area contributed by atoms with Gasteiger partial charge in [0, 0.05) is 31.5 Å². The minimum Gasteiger partial charge on any atom is -1.00 e. The first kappa shape index (κ1) is 21.9. The van der Waals surface area contributed by atoms with Crippen molar-refractivity contribution >= 4 is 32.9 Å². The van der Waals surface area contributed by atoms with Crippen LogP contribution in [-0.4, -0.2) is 57.8 Å². The summed E-state index contributed by atoms with van der Waals surface area (Å²) in [5, 5.41) is 2.22. The van der Waals surface area contributed by atoms with Crippen LogP contribution in [0.2, 0.25) is 0 Å². The Morgan fingerprint density at radius 3 is 1.96 bits per heavy atom. The van der Waals surface area contributed by atoms with Crippen molar-refractivity contribution < 1.29 is 17.0 Å². The fourth-order valence-electron chi connectivity index (χ4n) is 3.81. The molecule has 1 atom stereocenters. The van der Waals surface area contributed by atoms with Crippen LogP contribution in [0.1, 0.15) is 24.1 Å². The number of benzene rings is 2. The van der Waals surface area contributed by atoms with Crippen molar-refractivity contribution in [1.82, 2.24) is 9.80 Å². The zero-order chi connectivity index (χ0) is 18.7. The molecule has 3 nitrogen and oxygen atoms in total. The average molecular weight is 524 g/mol. The van der Waals surface area contributed by atoms with Gasteiger partial charge in [0.1, 0.15) is 0 Å². The van der Waals surface area contributed by atoms with Gasteiger partial charge in [-0.1, -0.05) is 88.4 Å². The highest BCUT2D eigenvalue weighted by Crippen LogP contribution is 2.36. The maximum atomic E-state index is 4.83. The molecular formula is C22H26Br2N3S-. The Bertz CT molecular complexity index is 739. The van der Waals surface area contributed by atoms with Gasteiger partial charge in [-0.2, -0.15) is 0 Å². The summed E-state index contributed by atoms with van der Waals surface area (Å²) in [6, 6.07) is 22.1. The van der Waals surface area contributed by atoms with Crippen LogP contribution in [-0.2, 0) is 0 Å². The standard InChI is InChI=1S/C22H26BrN3S.BrH/c1-22(16-23)17-24-21(27-22)26-14-12-25(13-15-26)20(18-8-4-2-5-9-18)19-10-6-3-7-11-19;/h2-11,20H,12-17H2,1H3;1H/p-1. The predicted octanol–water partition coefficient (Wildman–Crippen LogP) is 1.65. The van der Waals surface area contributed by atoms with E-state index >= 15 is 0 Å². The van der Waals surface area contributed by atoms with Gasteiger partial charge in [-0.3, -0.25) is 9.89 Å². The Morgan fingerprint density at radius 2 is 1.50 bits per heavy atom. The van der Waals surface area contributed by atoms with Crippen molar-refractivity contribution in [2.75, 3.05) is 38.1 Å². The van der Waals surface area contributed by atoms with Crippen molar-refractivity contribution in [2.45, 2.75) is 17.7 Å². The van der Waals surface area contributed by atoms with E-state index in [1.165, 1.54) is 16.3 Å². The maximum Gasteiger partial charge on any atom is 0.159 e. The summed E-state index contributed by atoms with van der Waals surface area (Å²) in [5.74, 6) is 0. The number of halogens is 2. The van der Waals surface area contributed by atoms with E-state index in [2.05, 4.69) is 93.3 Å². The van der Waals surface area contributed by atoms with Gasteiger partial charge in [0.2, 0.25) is 0 Å². The van der Waals surface area contributed by atoms with Gasteiger partial charge in [0.05, 0.1) is 17.3 Å². The second-order valence-corrected chi connectivity index (χ2v) is 9.65. The smallest absolute Gasteiger partial charge is 0.159 e. The lowest BCUT2D eigenvalue weighted by Gasteiger charge is -2.40. The molecule has 6 heteroatoms. The molecule has 0 amide bonds. The lowest BCUT2D eigenvalue weighted by atomic mass is 9.96. The van der Waals surface area contributed by atoms with E-state index in [1.807, 2.05) is 11.8 Å². The molecule has 0 radical (unpaired) electrons. The lowest BCUT2D eigenvalue weighted by Crippen LogP contribution is -3.00. The molecule has 0 bridgehead atoms. The Hall–Kier alpha value is -0.820. The van der Waals surface area contributed by atoms with Crippen LogP contribution in [0.15, 0.2) is 65.7 Å². The van der Waals surface area contributed by atoms with Crippen LogP contribution in [0.5, 0.6) is 0 Å². The van der Waals surface area contributed by atoms with Gasteiger partial charge in [-0.25, -0.2) is 0 Å². The summed E-state index contributed by atoms with van der Waals surface area (Å²) in [7, 11) is 0. The molecule has 1 unspecified atom stereocenters. The van der Waals surface area contributed by atoms with Crippen LogP contribution in [0, 0.1) is 0 Å². The second-order valence-electron chi connectivity index (χ2n) is 7.53. The topological polar surface area (TPSA) is 18.8 Å². The molecule has 0 N–H and O–H groups in total. The zero-order valence-corrected chi connectivity index (χ0v) is 20.1. The molecule has 0 aliphatic carbocycles. The first-order chi connectivity index (χ1) is 13.2. The fraction of sp³-hybridized carbons (Fsp3) is 0.409. The normalized spacial score (nSPS) is 22.8. The molecular weight excluding hydrogens is 498 g/mol. The summed E-state index contributed by atoms with van der Waals surface area (Å²) in [5.41, 5.74) is 2.74. The molecule has 2 aliphatic heterocycles. The minimum atomic E-state index is 0. The summed E-state index contributed by atoms with van der Waals surface area (Å²) in [6.45, 7) is 7.40. The predicted molar refractivity (Wildman–Crippen MR) is 120 cm³/mol. The van der Waals surface area contributed by atoms with E-state index in [4.69, 9.17) is 4.99 Å². The highest BCUT2D eigenvalue weighted by molar-refractivity contribution is 9.09. The Kier molecular flexibility index (Phi) is 7.65. The number of alkyl halides is 1. The van der Waals surface area contributed by atoms with Gasteiger partial charge < -0.3 is 21.9 Å². The summed E-state index contributed by atoms with van der Waals surface area (Å²) in [6.07, 6.45) is 0. The average Bonchev–Trinajstić information content (AvgIpc) is 3.13. The van der Waals surface area contributed by atoms with Crippen molar-refractivity contribution in [1.29, 1.82) is 0 Å². The summed E-state index contributed by atoms with van der Waals surface area (Å²) < 4.78 is 0.211. The van der Waals surface area contributed by atoms with Crippen LogP contribution < -0.4 is 17.0 Å². The molecule has 28 heavy (non-hydrogen) atoms. The van der Waals surface area contributed by atoms with Crippen molar-refractivity contribution in [3.63, 3.8) is 0 Å². The van der Waals surface area contributed by atoms with E-state index in [0.29, 0.717) is 6.04 Å². The number of thioether (sulfide) groups is 1. The SMILES string of the molecule is CC1(CBr)CN=C(N2CCN(C(c3ccccc3)c3ccccc3)CC2)S1.[Br-]. The van der Waals surface area contributed by atoms with Crippen LogP contribution in [0.4, 0.5) is 0 Å². The molecule has 1 fully saturated rings. The van der Waals surface area contributed by atoms with E-state index in [0.717, 1.165) is 38.1 Å². The van der Waals surface area contributed by atoms with Crippen LogP contribution >= 0.6 is 27.7 Å². The third-order valence-electron chi connectivity index (χ3n) is 5.35. The number of hydrogen-bond donors (Lipinski definition) is 0. The quantitative estimate of drug-likeness (QED) is 0.568. The van der Waals surface area contributed by atoms with Crippen molar-refractivity contribution in [3.8, 4) is 0 Å². The van der Waals surface area contributed by atoms with Gasteiger partial charge in [-0.05, 0) is 18.1 Å². The molecule has 150 valence electrons. The Balaban J connectivity index is 0.00000225. The number of piperazine rings is 1. The van der Waals surface area contributed by atoms with E-state index < -0.39 is 0 Å². The van der Waals surface area contributed by atoms with Crippen LogP contribution in [0.3, 0.4) is 0 Å². The third-order valence-corrected chi connectivity index (χ3v) is 8.29. The molecule has 2 aromatic rings. The number of amidine groups is 1. The number of hydrogen-bond acceptors (Lipinski definition) is 4. The van der Waals surface area contributed by atoms with Gasteiger partial charge in [0.25, 0.3) is 0 Å². The first-order valence-corrected chi connectivity index (χ1v) is 11.5. The number of rotatable bonds is 4. The number of aliphatic imine (C=N–C) groups is 1. The third kappa shape index (κ3) is 4.84. The van der Waals surface area contributed by atoms with E-state index in [9.17, 15) is 0 Å². The highest BCUT2D eigenvalue weighted by Gasteiger charge is 2.35. The van der Waals surface area contributed by atoms with Crippen molar-refractivity contribution in [2.24, 2.45) is 4.99 Å². The van der Waals surface area contributed by atoms with E-state index in [1.54, 1.807) is 0 Å². The first-order valence-electron chi connectivity index (χ1n) is 9.57. The van der Waals surface area contributed by atoms with Gasteiger partial charge in [0.15, 0.2) is 5.17 Å². The second kappa shape index (κ2) is 9.79. The lowest BCUT2D eigenvalue weighted by molar-refractivity contribution is -0.00000537. The molecule has 0 aromatic heterocycles. The Labute approximate surface area is 191 Å². The molecule has 1 saturated heterocycles. The largest absolute Gasteiger partial charge is 1.00 e. The monoisotopic (exact) mass is 522 g/mol. The molecule has 2 heterocycles. The zero-order valence-electron chi connectivity index (χ0n) is 16.1. The van der Waals surface area contributed by atoms with Crippen LogP contribution in [0.25, 0.3) is 0 Å². The Morgan fingerprint density at radius 1 is 0.964 bits per heavy atom. The maximum absolute atomic E-state index is 4.83. The van der Waals surface area contributed by atoms with Gasteiger partial charge >= 0.3 is 0 Å². The molecule has 0 spiro atoms. The summed E-state index contributed by atoms with van der Waals surface area (Å²) in [4.78, 5) is 9.92. The molecule has 4 rings (SSSR count). The fourth-order valence-corrected chi connectivity index (χ4v) is 5.40. The molecule has 0 saturated carbocycles. The summed E-state index contributed by atoms with van der Waals surface area (Å²) >= 11 is 5.58. The molecule has 2 aromatic carbocycles. The minimum absolute atomic E-state index is 0. The highest BCUT2D eigenvalue weighted by atomic mass is 79.9. The van der Waals surface area contributed by atoms with Gasteiger partial charge in [-0.15, -0.1) is 0 Å². The van der Waals surface area contributed by atoms with E-state index in [-0.39, 0.29) is 21.7 Å². The van der Waals surface area contributed by atoms with Crippen molar-refractivity contribution in [3.05, 3.63) is 71.8 Å². The number of nitrogens with zero attached hydrogens (tertiary/aromatic N) is 3.